The molecular weight excluding hydrogens is 216 g/mol. The molecule has 0 radical (unpaired) electrons. The molecule has 3 N–H and O–H groups in total. The highest BCUT2D eigenvalue weighted by atomic mass is 16.2. The number of ketones is 1. The van der Waals surface area contributed by atoms with Crippen molar-refractivity contribution < 1.29 is 9.59 Å². The van der Waals surface area contributed by atoms with Gasteiger partial charge in [-0.3, -0.25) is 9.59 Å². The van der Waals surface area contributed by atoms with E-state index in [-0.39, 0.29) is 11.8 Å². The van der Waals surface area contributed by atoms with Crippen molar-refractivity contribution in [2.45, 2.75) is 52.5 Å². The molecule has 0 bridgehead atoms. The van der Waals surface area contributed by atoms with Crippen molar-refractivity contribution in [3.8, 4) is 0 Å². The summed E-state index contributed by atoms with van der Waals surface area (Å²) in [4.78, 5) is 23.6. The number of carbonyl (C=O) groups excluding carboxylic acids is 2. The second-order valence-electron chi connectivity index (χ2n) is 5.94. The number of hydrogen-bond acceptors (Lipinski definition) is 3. The largest absolute Gasteiger partial charge is 0.345 e. The highest BCUT2D eigenvalue weighted by Crippen LogP contribution is 2.27. The van der Waals surface area contributed by atoms with Crippen molar-refractivity contribution in [1.82, 2.24) is 5.32 Å². The number of carbonyl (C=O) groups is 2. The Morgan fingerprint density at radius 3 is 2.24 bits per heavy atom. The molecule has 0 aromatic heterocycles. The van der Waals surface area contributed by atoms with Crippen LogP contribution in [0, 0.1) is 11.3 Å². The first-order valence-corrected chi connectivity index (χ1v) is 6.41. The minimum absolute atomic E-state index is 0.0451. The second kappa shape index (κ2) is 5.63. The van der Waals surface area contributed by atoms with Gasteiger partial charge in [0.05, 0.1) is 0 Å². The van der Waals surface area contributed by atoms with Gasteiger partial charge in [-0.1, -0.05) is 33.6 Å². The Balaban J connectivity index is 2.56. The van der Waals surface area contributed by atoms with Crippen LogP contribution in [0.1, 0.15) is 46.5 Å². The molecule has 98 valence electrons. The lowest BCUT2D eigenvalue weighted by Gasteiger charge is -2.24. The van der Waals surface area contributed by atoms with Gasteiger partial charge < -0.3 is 11.1 Å². The normalized spacial score (nSPS) is 19.1. The maximum atomic E-state index is 11.8. The van der Waals surface area contributed by atoms with Gasteiger partial charge in [0.25, 0.3) is 5.91 Å². The van der Waals surface area contributed by atoms with Gasteiger partial charge >= 0.3 is 0 Å². The van der Waals surface area contributed by atoms with Crippen LogP contribution in [0.3, 0.4) is 0 Å². The minimum Gasteiger partial charge on any atom is -0.345 e. The van der Waals surface area contributed by atoms with Crippen LogP contribution in [0.2, 0.25) is 0 Å². The molecule has 0 heterocycles. The molecule has 1 amide bonds. The summed E-state index contributed by atoms with van der Waals surface area (Å²) in [5, 5.41) is 2.80. The zero-order valence-corrected chi connectivity index (χ0v) is 11.1. The zero-order valence-electron chi connectivity index (χ0n) is 11.1. The molecule has 17 heavy (non-hydrogen) atoms. The lowest BCUT2D eigenvalue weighted by Crippen LogP contribution is -2.49. The van der Waals surface area contributed by atoms with E-state index in [9.17, 15) is 9.59 Å². The molecule has 4 heteroatoms. The minimum atomic E-state index is -0.626. The predicted molar refractivity (Wildman–Crippen MR) is 67.4 cm³/mol. The van der Waals surface area contributed by atoms with E-state index in [0.29, 0.717) is 12.5 Å². The van der Waals surface area contributed by atoms with Crippen molar-refractivity contribution >= 4 is 11.7 Å². The molecule has 1 unspecified atom stereocenters. The molecule has 0 spiro atoms. The van der Waals surface area contributed by atoms with Crippen LogP contribution in [-0.4, -0.2) is 24.3 Å². The zero-order chi connectivity index (χ0) is 13.1. The first kappa shape index (κ1) is 14.2. The standard InChI is InChI=1S/C13H24N2O2/c1-13(2,3)11(16)12(17)15-10(8-14)9-6-4-5-7-9/h9-10H,4-8,14H2,1-3H3,(H,15,17). The molecule has 1 saturated carbocycles. The molecule has 0 saturated heterocycles. The Hall–Kier alpha value is -0.900. The maximum Gasteiger partial charge on any atom is 0.288 e. The molecule has 0 aliphatic heterocycles. The van der Waals surface area contributed by atoms with Crippen molar-refractivity contribution in [3.05, 3.63) is 0 Å². The molecule has 0 aromatic carbocycles. The van der Waals surface area contributed by atoms with Crippen LogP contribution in [0.15, 0.2) is 0 Å². The van der Waals surface area contributed by atoms with Gasteiger partial charge in [0, 0.05) is 18.0 Å². The fraction of sp³-hybridized carbons (Fsp3) is 0.846. The summed E-state index contributed by atoms with van der Waals surface area (Å²) in [7, 11) is 0. The number of nitrogens with two attached hydrogens (primary N) is 1. The first-order chi connectivity index (χ1) is 7.86. The third-order valence-electron chi connectivity index (χ3n) is 3.43. The smallest absolute Gasteiger partial charge is 0.288 e. The van der Waals surface area contributed by atoms with Crippen LogP contribution in [0.25, 0.3) is 0 Å². The Morgan fingerprint density at radius 1 is 1.29 bits per heavy atom. The van der Waals surface area contributed by atoms with E-state index < -0.39 is 11.3 Å². The van der Waals surface area contributed by atoms with Crippen LogP contribution < -0.4 is 11.1 Å². The number of Topliss-reactive ketones (excluding diaryl/α,β-unsaturated/α-hetero) is 1. The first-order valence-electron chi connectivity index (χ1n) is 6.41. The van der Waals surface area contributed by atoms with E-state index in [1.807, 2.05) is 0 Å². The molecule has 1 fully saturated rings. The second-order valence-corrected chi connectivity index (χ2v) is 5.94. The molecule has 4 nitrogen and oxygen atoms in total. The maximum absolute atomic E-state index is 11.8. The van der Waals surface area contributed by atoms with Gasteiger partial charge in [0.1, 0.15) is 0 Å². The summed E-state index contributed by atoms with van der Waals surface area (Å²) in [6.07, 6.45) is 4.60. The van der Waals surface area contributed by atoms with Crippen molar-refractivity contribution in [1.29, 1.82) is 0 Å². The summed E-state index contributed by atoms with van der Waals surface area (Å²) >= 11 is 0. The summed E-state index contributed by atoms with van der Waals surface area (Å²) in [6.45, 7) is 5.67. The Labute approximate surface area is 103 Å². The van der Waals surface area contributed by atoms with E-state index in [1.54, 1.807) is 20.8 Å². The highest BCUT2D eigenvalue weighted by molar-refractivity contribution is 6.37. The fourth-order valence-corrected chi connectivity index (χ4v) is 2.30. The average Bonchev–Trinajstić information content (AvgIpc) is 2.76. The SMILES string of the molecule is CC(C)(C)C(=O)C(=O)NC(CN)C1CCCC1. The number of amides is 1. The number of nitrogens with one attached hydrogen (secondary N) is 1. The van der Waals surface area contributed by atoms with Crippen LogP contribution in [-0.2, 0) is 9.59 Å². The van der Waals surface area contributed by atoms with Gasteiger partial charge in [0.2, 0.25) is 5.78 Å². The predicted octanol–water partition coefficient (Wildman–Crippen LogP) is 1.24. The van der Waals surface area contributed by atoms with Crippen molar-refractivity contribution in [2.75, 3.05) is 6.54 Å². The van der Waals surface area contributed by atoms with Gasteiger partial charge in [-0.25, -0.2) is 0 Å². The Morgan fingerprint density at radius 2 is 1.82 bits per heavy atom. The van der Waals surface area contributed by atoms with Crippen LogP contribution in [0.5, 0.6) is 0 Å². The summed E-state index contributed by atoms with van der Waals surface area (Å²) in [5.74, 6) is -0.412. The quantitative estimate of drug-likeness (QED) is 0.726. The van der Waals surface area contributed by atoms with Crippen LogP contribution in [0.4, 0.5) is 0 Å². The third kappa shape index (κ3) is 3.80. The third-order valence-corrected chi connectivity index (χ3v) is 3.43. The van der Waals surface area contributed by atoms with E-state index in [4.69, 9.17) is 5.73 Å². The van der Waals surface area contributed by atoms with Crippen LogP contribution >= 0.6 is 0 Å². The van der Waals surface area contributed by atoms with E-state index >= 15 is 0 Å². The molecule has 1 aliphatic rings. The lowest BCUT2D eigenvalue weighted by molar-refractivity contribution is -0.143. The summed E-state index contributed by atoms with van der Waals surface area (Å²) in [6, 6.07) is -0.0451. The monoisotopic (exact) mass is 240 g/mol. The van der Waals surface area contributed by atoms with Gasteiger partial charge in [-0.05, 0) is 18.8 Å². The molecular formula is C13H24N2O2. The lowest BCUT2D eigenvalue weighted by atomic mass is 9.89. The Kier molecular flexibility index (Phi) is 4.69. The van der Waals surface area contributed by atoms with Gasteiger partial charge in [0.15, 0.2) is 0 Å². The van der Waals surface area contributed by atoms with E-state index in [2.05, 4.69) is 5.32 Å². The van der Waals surface area contributed by atoms with E-state index in [1.165, 1.54) is 12.8 Å². The summed E-state index contributed by atoms with van der Waals surface area (Å²) < 4.78 is 0. The fourth-order valence-electron chi connectivity index (χ4n) is 2.30. The molecule has 0 aromatic rings. The molecule has 1 rings (SSSR count). The van der Waals surface area contributed by atoms with Crippen molar-refractivity contribution in [2.24, 2.45) is 17.1 Å². The van der Waals surface area contributed by atoms with E-state index in [0.717, 1.165) is 12.8 Å². The Bertz CT molecular complexity index is 288. The van der Waals surface area contributed by atoms with Gasteiger partial charge in [-0.15, -0.1) is 0 Å². The topological polar surface area (TPSA) is 72.2 Å². The highest BCUT2D eigenvalue weighted by Gasteiger charge is 2.32. The number of hydrogen-bond donors (Lipinski definition) is 2. The van der Waals surface area contributed by atoms with Gasteiger partial charge in [-0.2, -0.15) is 0 Å². The molecule has 1 aliphatic carbocycles. The summed E-state index contributed by atoms with van der Waals surface area (Å²) in [5.41, 5.74) is 5.06. The number of rotatable bonds is 4. The van der Waals surface area contributed by atoms with Crippen molar-refractivity contribution in [3.63, 3.8) is 0 Å². The average molecular weight is 240 g/mol. The molecule has 1 atom stereocenters.